The Bertz CT molecular complexity index is 634. The molecule has 1 unspecified atom stereocenters. The van der Waals surface area contributed by atoms with Crippen molar-refractivity contribution in [2.45, 2.75) is 51.7 Å². The molecule has 3 rings (SSSR count). The van der Waals surface area contributed by atoms with Crippen LogP contribution in [0.25, 0.3) is 0 Å². The molecule has 1 aromatic rings. The number of carbonyl (C=O) groups is 1. The molecule has 2 saturated heterocycles. The molecular weight excluding hydrogens is 356 g/mol. The second-order valence-corrected chi connectivity index (χ2v) is 7.82. The zero-order chi connectivity index (χ0) is 19.9. The van der Waals surface area contributed by atoms with Crippen molar-refractivity contribution < 1.29 is 14.6 Å². The molecule has 0 spiro atoms. The minimum Gasteiger partial charge on any atom is -0.450 e. The van der Waals surface area contributed by atoms with E-state index in [-0.39, 0.29) is 12.7 Å². The molecule has 1 aromatic heterocycles. The Morgan fingerprint density at radius 2 is 2.04 bits per heavy atom. The van der Waals surface area contributed by atoms with Crippen LogP contribution in [0.5, 0.6) is 0 Å². The normalized spacial score (nSPS) is 22.4. The fourth-order valence-corrected chi connectivity index (χ4v) is 4.40. The maximum atomic E-state index is 11.9. The standard InChI is InChI=1S/C21H34N4O3/c1-3-28-21(27)23-10-7-19(8-11-23)25-13-12-24(20(16-25)9-14-26)15-18-6-4-5-17(2)22-18/h4-6,19-20,26H,3,7-16H2,1-2H3. The topological polar surface area (TPSA) is 69.1 Å². The van der Waals surface area contributed by atoms with E-state index in [0.29, 0.717) is 18.7 Å². The first kappa shape index (κ1) is 21.0. The van der Waals surface area contributed by atoms with Crippen molar-refractivity contribution in [3.05, 3.63) is 29.6 Å². The van der Waals surface area contributed by atoms with E-state index >= 15 is 0 Å². The first-order chi connectivity index (χ1) is 13.6. The molecular formula is C21H34N4O3. The maximum Gasteiger partial charge on any atom is 0.409 e. The molecule has 0 aliphatic carbocycles. The third-order valence-electron chi connectivity index (χ3n) is 5.92. The number of aromatic nitrogens is 1. The van der Waals surface area contributed by atoms with Crippen LogP contribution in [0.1, 0.15) is 37.6 Å². The highest BCUT2D eigenvalue weighted by Crippen LogP contribution is 2.23. The summed E-state index contributed by atoms with van der Waals surface area (Å²) in [5, 5.41) is 9.57. The van der Waals surface area contributed by atoms with E-state index in [4.69, 9.17) is 4.74 Å². The molecule has 1 amide bonds. The third kappa shape index (κ3) is 5.43. The van der Waals surface area contributed by atoms with Gasteiger partial charge < -0.3 is 14.7 Å². The van der Waals surface area contributed by atoms with Gasteiger partial charge in [0.2, 0.25) is 0 Å². The van der Waals surface area contributed by atoms with Gasteiger partial charge in [-0.2, -0.15) is 0 Å². The van der Waals surface area contributed by atoms with Crippen LogP contribution < -0.4 is 0 Å². The maximum absolute atomic E-state index is 11.9. The first-order valence-electron chi connectivity index (χ1n) is 10.5. The molecule has 28 heavy (non-hydrogen) atoms. The summed E-state index contributed by atoms with van der Waals surface area (Å²) in [6, 6.07) is 7.01. The molecule has 0 radical (unpaired) electrons. The number of hydrogen-bond acceptors (Lipinski definition) is 6. The predicted molar refractivity (Wildman–Crippen MR) is 108 cm³/mol. The quantitative estimate of drug-likeness (QED) is 0.800. The monoisotopic (exact) mass is 390 g/mol. The fourth-order valence-electron chi connectivity index (χ4n) is 4.40. The van der Waals surface area contributed by atoms with Crippen LogP contribution >= 0.6 is 0 Å². The lowest BCUT2D eigenvalue weighted by Crippen LogP contribution is -2.57. The van der Waals surface area contributed by atoms with Crippen LogP contribution in [0.2, 0.25) is 0 Å². The lowest BCUT2D eigenvalue weighted by molar-refractivity contribution is 0.0116. The van der Waals surface area contributed by atoms with E-state index in [1.165, 1.54) is 0 Å². The summed E-state index contributed by atoms with van der Waals surface area (Å²) in [6.07, 6.45) is 2.58. The summed E-state index contributed by atoms with van der Waals surface area (Å²) in [5.41, 5.74) is 2.14. The van der Waals surface area contributed by atoms with Gasteiger partial charge >= 0.3 is 6.09 Å². The molecule has 7 nitrogen and oxygen atoms in total. The number of piperazine rings is 1. The molecule has 0 aromatic carbocycles. The van der Waals surface area contributed by atoms with Crippen molar-refractivity contribution in [1.29, 1.82) is 0 Å². The van der Waals surface area contributed by atoms with Crippen molar-refractivity contribution in [3.8, 4) is 0 Å². The van der Waals surface area contributed by atoms with Gasteiger partial charge in [-0.3, -0.25) is 14.8 Å². The van der Waals surface area contributed by atoms with Gasteiger partial charge in [0.05, 0.1) is 12.3 Å². The molecule has 7 heteroatoms. The van der Waals surface area contributed by atoms with Crippen LogP contribution in [-0.2, 0) is 11.3 Å². The van der Waals surface area contributed by atoms with E-state index in [1.54, 1.807) is 0 Å². The van der Waals surface area contributed by atoms with Crippen molar-refractivity contribution in [1.82, 2.24) is 19.7 Å². The number of likely N-dealkylation sites (tertiary alicyclic amines) is 1. The fraction of sp³-hybridized carbons (Fsp3) is 0.714. The second-order valence-electron chi connectivity index (χ2n) is 7.82. The van der Waals surface area contributed by atoms with E-state index in [1.807, 2.05) is 24.8 Å². The Morgan fingerprint density at radius 3 is 2.71 bits per heavy atom. The highest BCUT2D eigenvalue weighted by Gasteiger charge is 2.33. The van der Waals surface area contributed by atoms with E-state index in [9.17, 15) is 9.90 Å². The predicted octanol–water partition coefficient (Wildman–Crippen LogP) is 1.88. The van der Waals surface area contributed by atoms with Crippen LogP contribution in [0.15, 0.2) is 18.2 Å². The number of aryl methyl sites for hydroxylation is 1. The first-order valence-corrected chi connectivity index (χ1v) is 10.5. The number of aliphatic hydroxyl groups is 1. The molecule has 1 atom stereocenters. The zero-order valence-corrected chi connectivity index (χ0v) is 17.2. The number of aliphatic hydroxyl groups excluding tert-OH is 1. The summed E-state index contributed by atoms with van der Waals surface area (Å²) in [7, 11) is 0. The minimum absolute atomic E-state index is 0.186. The summed E-state index contributed by atoms with van der Waals surface area (Å²) >= 11 is 0. The van der Waals surface area contributed by atoms with Gasteiger partial charge in [0.15, 0.2) is 0 Å². The van der Waals surface area contributed by atoms with Gasteiger partial charge in [0.25, 0.3) is 0 Å². The lowest BCUT2D eigenvalue weighted by atomic mass is 9.99. The van der Waals surface area contributed by atoms with Crippen LogP contribution in [-0.4, -0.2) is 88.9 Å². The molecule has 2 aliphatic heterocycles. The van der Waals surface area contributed by atoms with E-state index < -0.39 is 0 Å². The lowest BCUT2D eigenvalue weighted by Gasteiger charge is -2.46. The Balaban J connectivity index is 1.54. The average molecular weight is 391 g/mol. The Kier molecular flexibility index (Phi) is 7.65. The van der Waals surface area contributed by atoms with Gasteiger partial charge in [-0.05, 0) is 45.2 Å². The summed E-state index contributed by atoms with van der Waals surface area (Å²) in [4.78, 5) is 23.4. The van der Waals surface area contributed by atoms with E-state index in [0.717, 1.165) is 69.9 Å². The number of hydrogen-bond donors (Lipinski definition) is 1. The van der Waals surface area contributed by atoms with Crippen LogP contribution in [0, 0.1) is 6.92 Å². The molecule has 2 aliphatic rings. The van der Waals surface area contributed by atoms with Gasteiger partial charge in [0.1, 0.15) is 0 Å². The van der Waals surface area contributed by atoms with Gasteiger partial charge in [-0.25, -0.2) is 4.79 Å². The van der Waals surface area contributed by atoms with Gasteiger partial charge in [0, 0.05) is 63.7 Å². The summed E-state index contributed by atoms with van der Waals surface area (Å²) < 4.78 is 5.12. The van der Waals surface area contributed by atoms with Gasteiger partial charge in [-0.1, -0.05) is 6.07 Å². The summed E-state index contributed by atoms with van der Waals surface area (Å²) in [5.74, 6) is 0. The van der Waals surface area contributed by atoms with Crippen LogP contribution in [0.3, 0.4) is 0 Å². The zero-order valence-electron chi connectivity index (χ0n) is 17.2. The molecule has 156 valence electrons. The number of carbonyl (C=O) groups excluding carboxylic acids is 1. The van der Waals surface area contributed by atoms with Crippen LogP contribution in [0.4, 0.5) is 4.79 Å². The largest absolute Gasteiger partial charge is 0.450 e. The number of rotatable bonds is 6. The summed E-state index contributed by atoms with van der Waals surface area (Å²) in [6.45, 7) is 9.85. The highest BCUT2D eigenvalue weighted by molar-refractivity contribution is 5.67. The number of pyridine rings is 1. The Labute approximate surface area is 168 Å². The second kappa shape index (κ2) is 10.2. The third-order valence-corrected chi connectivity index (χ3v) is 5.92. The highest BCUT2D eigenvalue weighted by atomic mass is 16.6. The van der Waals surface area contributed by atoms with Crippen molar-refractivity contribution in [2.24, 2.45) is 0 Å². The number of ether oxygens (including phenoxy) is 1. The van der Waals surface area contributed by atoms with Gasteiger partial charge in [-0.15, -0.1) is 0 Å². The number of nitrogens with zero attached hydrogens (tertiary/aromatic N) is 4. The SMILES string of the molecule is CCOC(=O)N1CCC(N2CCN(Cc3cccc(C)n3)C(CCO)C2)CC1. The minimum atomic E-state index is -0.186. The Hall–Kier alpha value is -1.70. The van der Waals surface area contributed by atoms with Crippen molar-refractivity contribution >= 4 is 6.09 Å². The molecule has 0 bridgehead atoms. The molecule has 0 saturated carbocycles. The average Bonchev–Trinajstić information content (AvgIpc) is 2.70. The Morgan fingerprint density at radius 1 is 1.25 bits per heavy atom. The molecule has 3 heterocycles. The van der Waals surface area contributed by atoms with Crippen molar-refractivity contribution in [3.63, 3.8) is 0 Å². The molecule has 1 N–H and O–H groups in total. The van der Waals surface area contributed by atoms with Crippen molar-refractivity contribution in [2.75, 3.05) is 45.9 Å². The number of piperidine rings is 1. The smallest absolute Gasteiger partial charge is 0.409 e. The van der Waals surface area contributed by atoms with E-state index in [2.05, 4.69) is 26.9 Å². The number of amides is 1. The molecule has 2 fully saturated rings.